The molecule has 0 saturated heterocycles. The number of esters is 2. The first-order valence-electron chi connectivity index (χ1n) is 29.5. The van der Waals surface area contributed by atoms with Crippen molar-refractivity contribution in [1.29, 1.82) is 0 Å². The zero-order valence-electron chi connectivity index (χ0n) is 44.5. The van der Waals surface area contributed by atoms with Gasteiger partial charge in [-0.25, -0.2) is 0 Å². The van der Waals surface area contributed by atoms with Crippen molar-refractivity contribution in [2.45, 2.75) is 328 Å². The molecule has 0 rings (SSSR count). The summed E-state index contributed by atoms with van der Waals surface area (Å²) in [5, 5.41) is 9.65. The topological polar surface area (TPSA) is 72.8 Å². The van der Waals surface area contributed by atoms with E-state index in [0.29, 0.717) is 12.8 Å². The fraction of sp³-hybridized carbons (Fsp3) is 0.869. The minimum atomic E-state index is -0.773. The smallest absolute Gasteiger partial charge is 0.306 e. The van der Waals surface area contributed by atoms with Crippen molar-refractivity contribution < 1.29 is 24.2 Å². The van der Waals surface area contributed by atoms with Gasteiger partial charge >= 0.3 is 11.9 Å². The van der Waals surface area contributed by atoms with Crippen LogP contribution in [0.5, 0.6) is 0 Å². The van der Waals surface area contributed by atoms with E-state index in [1.165, 1.54) is 250 Å². The summed E-state index contributed by atoms with van der Waals surface area (Å²) in [6, 6.07) is 0. The third-order valence-electron chi connectivity index (χ3n) is 13.4. The Kier molecular flexibility index (Phi) is 55.8. The fourth-order valence-electron chi connectivity index (χ4n) is 8.94. The van der Waals surface area contributed by atoms with Crippen molar-refractivity contribution in [1.82, 2.24) is 0 Å². The predicted molar refractivity (Wildman–Crippen MR) is 288 cm³/mol. The Morgan fingerprint density at radius 2 is 0.606 bits per heavy atom. The Hall–Kier alpha value is -1.88. The zero-order chi connectivity index (χ0) is 47.7. The Labute approximate surface area is 412 Å². The number of aliphatic hydroxyl groups is 1. The standard InChI is InChI=1S/C61H114O5/c1-3-5-7-9-11-13-15-17-19-21-23-25-26-27-28-29-30-31-32-33-34-36-37-39-41-43-45-47-49-51-53-55-60(63)65-58-59(57-62)66-61(64)56-54-52-50-48-46-44-42-40-38-35-24-22-20-18-16-14-12-10-8-6-4-2/h16,18,21-24,59,62H,3-15,17,19-20,25-58H2,1-2H3/b18-16-,23-21-,24-22-. The van der Waals surface area contributed by atoms with Crippen LogP contribution >= 0.6 is 0 Å². The maximum atomic E-state index is 12.3. The summed E-state index contributed by atoms with van der Waals surface area (Å²) in [5.41, 5.74) is 0. The van der Waals surface area contributed by atoms with Gasteiger partial charge in [-0.1, -0.05) is 275 Å². The molecule has 1 N–H and O–H groups in total. The van der Waals surface area contributed by atoms with E-state index in [9.17, 15) is 14.7 Å². The van der Waals surface area contributed by atoms with Gasteiger partial charge in [-0.15, -0.1) is 0 Å². The van der Waals surface area contributed by atoms with Gasteiger partial charge in [-0.05, 0) is 70.6 Å². The highest BCUT2D eigenvalue weighted by atomic mass is 16.6. The van der Waals surface area contributed by atoms with Crippen LogP contribution in [0, 0.1) is 0 Å². The minimum absolute atomic E-state index is 0.0634. The lowest BCUT2D eigenvalue weighted by molar-refractivity contribution is -0.161. The normalized spacial score (nSPS) is 12.3. The predicted octanol–water partition coefficient (Wildman–Crippen LogP) is 19.9. The molecule has 0 spiro atoms. The Morgan fingerprint density at radius 3 is 0.909 bits per heavy atom. The van der Waals surface area contributed by atoms with E-state index >= 15 is 0 Å². The van der Waals surface area contributed by atoms with Crippen molar-refractivity contribution in [2.75, 3.05) is 13.2 Å². The molecule has 0 fully saturated rings. The lowest BCUT2D eigenvalue weighted by Gasteiger charge is -2.15. The highest BCUT2D eigenvalue weighted by Gasteiger charge is 2.16. The molecule has 0 saturated carbocycles. The van der Waals surface area contributed by atoms with Crippen molar-refractivity contribution in [2.24, 2.45) is 0 Å². The quantitative estimate of drug-likeness (QED) is 0.0374. The number of aliphatic hydroxyl groups excluding tert-OH is 1. The summed E-state index contributed by atoms with van der Waals surface area (Å²) >= 11 is 0. The maximum Gasteiger partial charge on any atom is 0.306 e. The number of carbonyl (C=O) groups excluding carboxylic acids is 2. The molecule has 388 valence electrons. The number of unbranched alkanes of at least 4 members (excludes halogenated alkanes) is 41. The van der Waals surface area contributed by atoms with Crippen LogP contribution in [0.15, 0.2) is 36.5 Å². The van der Waals surface area contributed by atoms with E-state index in [0.717, 1.165) is 44.9 Å². The number of ether oxygens (including phenoxy) is 2. The zero-order valence-corrected chi connectivity index (χ0v) is 44.5. The Bertz CT molecular complexity index is 1050. The molecule has 66 heavy (non-hydrogen) atoms. The molecule has 0 radical (unpaired) electrons. The molecule has 0 aliphatic carbocycles. The SMILES string of the molecule is CCCCCCC/C=C\C/C=C\CCCCCCCCCCCC(=O)OC(CO)COC(=O)CCCCCCCCCCCCCCCCCCCCC/C=C\CCCCCCCCCC. The van der Waals surface area contributed by atoms with Crippen LogP contribution in [-0.4, -0.2) is 36.4 Å². The van der Waals surface area contributed by atoms with E-state index in [-0.39, 0.29) is 25.2 Å². The largest absolute Gasteiger partial charge is 0.462 e. The van der Waals surface area contributed by atoms with E-state index < -0.39 is 6.10 Å². The molecular weight excluding hydrogens is 813 g/mol. The van der Waals surface area contributed by atoms with Gasteiger partial charge in [0, 0.05) is 12.8 Å². The molecule has 0 aromatic carbocycles. The van der Waals surface area contributed by atoms with Crippen LogP contribution in [0.25, 0.3) is 0 Å². The highest BCUT2D eigenvalue weighted by molar-refractivity contribution is 5.70. The third kappa shape index (κ3) is 54.7. The van der Waals surface area contributed by atoms with E-state index in [1.807, 2.05) is 0 Å². The number of hydrogen-bond acceptors (Lipinski definition) is 5. The summed E-state index contributed by atoms with van der Waals surface area (Å²) in [6.07, 6.45) is 74.2. The molecule has 0 heterocycles. The van der Waals surface area contributed by atoms with Crippen molar-refractivity contribution in [3.05, 3.63) is 36.5 Å². The van der Waals surface area contributed by atoms with Crippen LogP contribution in [0.2, 0.25) is 0 Å². The molecule has 0 aromatic heterocycles. The van der Waals surface area contributed by atoms with Crippen LogP contribution in [0.4, 0.5) is 0 Å². The molecule has 1 unspecified atom stereocenters. The van der Waals surface area contributed by atoms with Gasteiger partial charge in [0.2, 0.25) is 0 Å². The molecule has 0 bridgehead atoms. The van der Waals surface area contributed by atoms with Gasteiger partial charge in [-0.2, -0.15) is 0 Å². The average Bonchev–Trinajstić information content (AvgIpc) is 3.32. The van der Waals surface area contributed by atoms with Crippen LogP contribution in [0.1, 0.15) is 322 Å². The van der Waals surface area contributed by atoms with E-state index in [1.54, 1.807) is 0 Å². The molecule has 5 heteroatoms. The number of rotatable bonds is 55. The lowest BCUT2D eigenvalue weighted by Crippen LogP contribution is -2.28. The first-order valence-corrected chi connectivity index (χ1v) is 29.5. The molecule has 5 nitrogen and oxygen atoms in total. The number of hydrogen-bond donors (Lipinski definition) is 1. The van der Waals surface area contributed by atoms with E-state index in [2.05, 4.69) is 50.3 Å². The summed E-state index contributed by atoms with van der Waals surface area (Å²) in [6.45, 7) is 4.17. The molecule has 0 aliphatic rings. The first-order chi connectivity index (χ1) is 32.6. The summed E-state index contributed by atoms with van der Waals surface area (Å²) in [4.78, 5) is 24.5. The second-order valence-corrected chi connectivity index (χ2v) is 20.1. The van der Waals surface area contributed by atoms with Crippen LogP contribution < -0.4 is 0 Å². The summed E-state index contributed by atoms with van der Waals surface area (Å²) < 4.78 is 10.7. The maximum absolute atomic E-state index is 12.3. The minimum Gasteiger partial charge on any atom is -0.462 e. The third-order valence-corrected chi connectivity index (χ3v) is 13.4. The van der Waals surface area contributed by atoms with Gasteiger partial charge in [0.25, 0.3) is 0 Å². The van der Waals surface area contributed by atoms with Crippen LogP contribution in [0.3, 0.4) is 0 Å². The number of allylic oxidation sites excluding steroid dienone is 6. The van der Waals surface area contributed by atoms with Gasteiger partial charge in [0.15, 0.2) is 6.10 Å². The average molecular weight is 928 g/mol. The number of carbonyl (C=O) groups is 2. The van der Waals surface area contributed by atoms with E-state index in [4.69, 9.17) is 9.47 Å². The molecule has 0 aliphatic heterocycles. The molecular formula is C61H114O5. The first kappa shape index (κ1) is 64.1. The molecule has 0 aromatic rings. The molecule has 0 amide bonds. The highest BCUT2D eigenvalue weighted by Crippen LogP contribution is 2.17. The lowest BCUT2D eigenvalue weighted by atomic mass is 10.0. The summed E-state index contributed by atoms with van der Waals surface area (Å²) in [7, 11) is 0. The van der Waals surface area contributed by atoms with Crippen molar-refractivity contribution in [3.8, 4) is 0 Å². The van der Waals surface area contributed by atoms with Gasteiger partial charge < -0.3 is 14.6 Å². The van der Waals surface area contributed by atoms with Crippen molar-refractivity contribution >= 4 is 11.9 Å². The monoisotopic (exact) mass is 927 g/mol. The van der Waals surface area contributed by atoms with Gasteiger partial charge in [0.05, 0.1) is 6.61 Å². The second-order valence-electron chi connectivity index (χ2n) is 20.1. The van der Waals surface area contributed by atoms with Crippen LogP contribution in [-0.2, 0) is 19.1 Å². The second kappa shape index (κ2) is 57.4. The van der Waals surface area contributed by atoms with Gasteiger partial charge in [-0.3, -0.25) is 9.59 Å². The molecule has 1 atom stereocenters. The fourth-order valence-corrected chi connectivity index (χ4v) is 8.94. The summed E-state index contributed by atoms with van der Waals surface area (Å²) in [5.74, 6) is -0.579. The van der Waals surface area contributed by atoms with Gasteiger partial charge in [0.1, 0.15) is 6.61 Å². The Balaban J connectivity index is 3.42. The Morgan fingerprint density at radius 1 is 0.348 bits per heavy atom. The van der Waals surface area contributed by atoms with Crippen molar-refractivity contribution in [3.63, 3.8) is 0 Å².